The standard InChI is InChI=1S/C12F12N2/c13-9(14,15)5-3(1-25)4(2-26)6(10(16,17)18)8(12(22,23)24)7(5)11(19,20)21. The van der Waals surface area contributed by atoms with Gasteiger partial charge in [0, 0.05) is 0 Å². The molecule has 0 aliphatic heterocycles. The number of rotatable bonds is 0. The second-order valence-corrected chi connectivity index (χ2v) is 4.46. The lowest BCUT2D eigenvalue weighted by Crippen LogP contribution is -2.30. The fourth-order valence-corrected chi connectivity index (χ4v) is 2.11. The summed E-state index contributed by atoms with van der Waals surface area (Å²) in [5, 5.41) is 17.1. The summed E-state index contributed by atoms with van der Waals surface area (Å²) in [5.41, 5.74) is -19.1. The highest BCUT2D eigenvalue weighted by molar-refractivity contribution is 5.64. The Labute approximate surface area is 134 Å². The maximum atomic E-state index is 12.9. The first-order valence-electron chi connectivity index (χ1n) is 5.72. The van der Waals surface area contributed by atoms with Crippen LogP contribution in [-0.2, 0) is 24.7 Å². The van der Waals surface area contributed by atoms with Crippen LogP contribution in [0.15, 0.2) is 0 Å². The highest BCUT2D eigenvalue weighted by Crippen LogP contribution is 2.53. The molecule has 2 nitrogen and oxygen atoms in total. The number of nitrogens with zero attached hydrogens (tertiary/aromatic N) is 2. The van der Waals surface area contributed by atoms with Crippen molar-refractivity contribution in [3.63, 3.8) is 0 Å². The third-order valence-electron chi connectivity index (χ3n) is 2.86. The summed E-state index contributed by atoms with van der Waals surface area (Å²) >= 11 is 0. The SMILES string of the molecule is N#Cc1c(C#N)c(C(F)(F)F)c(C(F)(F)F)c(C(F)(F)F)c1C(F)(F)F. The van der Waals surface area contributed by atoms with Gasteiger partial charge < -0.3 is 0 Å². The van der Waals surface area contributed by atoms with Gasteiger partial charge in [-0.05, 0) is 0 Å². The monoisotopic (exact) mass is 400 g/mol. The lowest BCUT2D eigenvalue weighted by molar-refractivity contribution is -0.182. The normalized spacial score (nSPS) is 13.3. The maximum absolute atomic E-state index is 12.9. The largest absolute Gasteiger partial charge is 0.418 e. The van der Waals surface area contributed by atoms with E-state index in [1.807, 2.05) is 0 Å². The predicted octanol–water partition coefficient (Wildman–Crippen LogP) is 5.51. The second kappa shape index (κ2) is 5.96. The minimum Gasteiger partial charge on any atom is -0.192 e. The van der Waals surface area contributed by atoms with Crippen LogP contribution in [0.4, 0.5) is 52.7 Å². The molecule has 142 valence electrons. The molecule has 1 aromatic carbocycles. The molecule has 0 fully saturated rings. The van der Waals surface area contributed by atoms with Gasteiger partial charge >= 0.3 is 24.7 Å². The van der Waals surface area contributed by atoms with Crippen LogP contribution in [0, 0.1) is 22.7 Å². The smallest absolute Gasteiger partial charge is 0.192 e. The minimum absolute atomic E-state index is 0.315. The van der Waals surface area contributed by atoms with Crippen molar-refractivity contribution in [2.75, 3.05) is 0 Å². The van der Waals surface area contributed by atoms with Crippen LogP contribution in [0.1, 0.15) is 33.4 Å². The first-order chi connectivity index (χ1) is 11.4. The number of hydrogen-bond donors (Lipinski definition) is 0. The minimum atomic E-state index is -6.57. The van der Waals surface area contributed by atoms with E-state index in [2.05, 4.69) is 0 Å². The lowest BCUT2D eigenvalue weighted by Gasteiger charge is -2.26. The number of alkyl halides is 12. The van der Waals surface area contributed by atoms with Crippen LogP contribution in [0.5, 0.6) is 0 Å². The number of hydrogen-bond acceptors (Lipinski definition) is 2. The lowest BCUT2D eigenvalue weighted by atomic mass is 9.85. The maximum Gasteiger partial charge on any atom is 0.418 e. The van der Waals surface area contributed by atoms with Crippen LogP contribution < -0.4 is 0 Å². The molecule has 0 heterocycles. The summed E-state index contributed by atoms with van der Waals surface area (Å²) in [6, 6.07) is 0.631. The zero-order valence-electron chi connectivity index (χ0n) is 11.4. The van der Waals surface area contributed by atoms with E-state index in [1.54, 1.807) is 0 Å². The molecule has 0 atom stereocenters. The first-order valence-corrected chi connectivity index (χ1v) is 5.72. The summed E-state index contributed by atoms with van der Waals surface area (Å²) in [4.78, 5) is 0. The van der Waals surface area contributed by atoms with Gasteiger partial charge in [0.2, 0.25) is 0 Å². The van der Waals surface area contributed by atoms with Gasteiger partial charge in [0.1, 0.15) is 12.1 Å². The number of nitriles is 2. The van der Waals surface area contributed by atoms with Crippen molar-refractivity contribution < 1.29 is 52.7 Å². The average Bonchev–Trinajstić information content (AvgIpc) is 2.39. The molecule has 0 unspecified atom stereocenters. The zero-order chi connectivity index (χ0) is 20.9. The number of benzene rings is 1. The summed E-state index contributed by atoms with van der Waals surface area (Å²) < 4.78 is 155. The molecule has 0 aliphatic carbocycles. The van der Waals surface area contributed by atoms with Crippen LogP contribution in [0.3, 0.4) is 0 Å². The molecule has 0 saturated heterocycles. The van der Waals surface area contributed by atoms with E-state index < -0.39 is 58.1 Å². The van der Waals surface area contributed by atoms with Crippen LogP contribution in [0.25, 0.3) is 0 Å². The molecule has 0 N–H and O–H groups in total. The summed E-state index contributed by atoms with van der Waals surface area (Å²) in [7, 11) is 0. The fraction of sp³-hybridized carbons (Fsp3) is 0.333. The van der Waals surface area contributed by atoms with Crippen LogP contribution in [0.2, 0.25) is 0 Å². The van der Waals surface area contributed by atoms with E-state index in [9.17, 15) is 52.7 Å². The van der Waals surface area contributed by atoms with Crippen molar-refractivity contribution >= 4 is 0 Å². The third kappa shape index (κ3) is 3.63. The predicted molar refractivity (Wildman–Crippen MR) is 55.9 cm³/mol. The molecule has 26 heavy (non-hydrogen) atoms. The molecular weight excluding hydrogens is 400 g/mol. The van der Waals surface area contributed by atoms with E-state index in [0.717, 1.165) is 0 Å². The summed E-state index contributed by atoms with van der Waals surface area (Å²) in [6.45, 7) is 0. The van der Waals surface area contributed by atoms with Gasteiger partial charge in [-0.1, -0.05) is 0 Å². The average molecular weight is 400 g/mol. The van der Waals surface area contributed by atoms with Gasteiger partial charge in [-0.15, -0.1) is 0 Å². The van der Waals surface area contributed by atoms with Crippen LogP contribution in [-0.4, -0.2) is 0 Å². The van der Waals surface area contributed by atoms with Gasteiger partial charge in [0.15, 0.2) is 0 Å². The van der Waals surface area contributed by atoms with Crippen molar-refractivity contribution in [3.8, 4) is 12.1 Å². The second-order valence-electron chi connectivity index (χ2n) is 4.46. The summed E-state index contributed by atoms with van der Waals surface area (Å²) in [6.07, 6.45) is -25.8. The Hall–Kier alpha value is -2.64. The topological polar surface area (TPSA) is 47.6 Å². The van der Waals surface area contributed by atoms with Gasteiger partial charge in [-0.3, -0.25) is 0 Å². The molecular formula is C12F12N2. The van der Waals surface area contributed by atoms with E-state index in [0.29, 0.717) is 12.1 Å². The Morgan fingerprint density at radius 2 is 0.615 bits per heavy atom. The van der Waals surface area contributed by atoms with E-state index >= 15 is 0 Å². The molecule has 0 aliphatic rings. The Kier molecular flexibility index (Phi) is 4.91. The zero-order valence-corrected chi connectivity index (χ0v) is 11.4. The van der Waals surface area contributed by atoms with Crippen molar-refractivity contribution in [1.29, 1.82) is 10.5 Å². The molecule has 0 aromatic heterocycles. The molecule has 0 spiro atoms. The van der Waals surface area contributed by atoms with Gasteiger partial charge in [0.25, 0.3) is 0 Å². The molecule has 1 aromatic rings. The third-order valence-corrected chi connectivity index (χ3v) is 2.86. The van der Waals surface area contributed by atoms with Gasteiger partial charge in [-0.25, -0.2) is 0 Å². The first kappa shape index (κ1) is 21.4. The molecule has 1 rings (SSSR count). The Balaban J connectivity index is 4.59. The van der Waals surface area contributed by atoms with Crippen molar-refractivity contribution in [2.45, 2.75) is 24.7 Å². The Morgan fingerprint density at radius 1 is 0.423 bits per heavy atom. The van der Waals surface area contributed by atoms with Crippen molar-refractivity contribution in [3.05, 3.63) is 33.4 Å². The Morgan fingerprint density at radius 3 is 0.731 bits per heavy atom. The fourth-order valence-electron chi connectivity index (χ4n) is 2.11. The number of halogens is 12. The van der Waals surface area contributed by atoms with Crippen LogP contribution >= 0.6 is 0 Å². The van der Waals surface area contributed by atoms with E-state index in [1.165, 1.54) is 0 Å². The molecule has 0 bridgehead atoms. The van der Waals surface area contributed by atoms with Gasteiger partial charge in [-0.2, -0.15) is 63.2 Å². The molecule has 0 saturated carbocycles. The molecule has 0 radical (unpaired) electrons. The molecule has 14 heteroatoms. The Bertz CT molecular complexity index is 739. The quantitative estimate of drug-likeness (QED) is 0.540. The van der Waals surface area contributed by atoms with E-state index in [4.69, 9.17) is 10.5 Å². The highest BCUT2D eigenvalue weighted by atomic mass is 19.4. The van der Waals surface area contributed by atoms with Gasteiger partial charge in [0.05, 0.1) is 33.4 Å². The molecule has 0 amide bonds. The highest BCUT2D eigenvalue weighted by Gasteiger charge is 2.57. The van der Waals surface area contributed by atoms with E-state index in [-0.39, 0.29) is 0 Å². The van der Waals surface area contributed by atoms with Crippen molar-refractivity contribution in [2.24, 2.45) is 0 Å². The summed E-state index contributed by atoms with van der Waals surface area (Å²) in [5.74, 6) is 0. The van der Waals surface area contributed by atoms with Crippen molar-refractivity contribution in [1.82, 2.24) is 0 Å².